The van der Waals surface area contributed by atoms with Gasteiger partial charge in [0.15, 0.2) is 0 Å². The number of aryl methyl sites for hydroxylation is 1. The van der Waals surface area contributed by atoms with Crippen LogP contribution in [0.3, 0.4) is 0 Å². The van der Waals surface area contributed by atoms with Crippen molar-refractivity contribution in [3.8, 4) is 0 Å². The van der Waals surface area contributed by atoms with E-state index in [0.29, 0.717) is 6.54 Å². The lowest BCUT2D eigenvalue weighted by atomic mass is 10.2. The van der Waals surface area contributed by atoms with E-state index in [1.165, 1.54) is 12.7 Å². The van der Waals surface area contributed by atoms with Crippen LogP contribution in [0.15, 0.2) is 12.4 Å². The molecule has 1 rings (SSSR count). The van der Waals surface area contributed by atoms with Gasteiger partial charge in [0.25, 0.3) is 0 Å². The zero-order chi connectivity index (χ0) is 12.0. The lowest BCUT2D eigenvalue weighted by Crippen LogP contribution is -2.30. The van der Waals surface area contributed by atoms with Crippen LogP contribution in [-0.4, -0.2) is 39.9 Å². The maximum absolute atomic E-state index is 11.1. The molecule has 1 heterocycles. The average molecular weight is 337 g/mol. The molecule has 0 saturated heterocycles. The van der Waals surface area contributed by atoms with E-state index in [0.717, 1.165) is 13.0 Å². The van der Waals surface area contributed by atoms with E-state index in [4.69, 9.17) is 0 Å². The number of carbonyl (C=O) groups excluding carboxylic acids is 1. The normalized spacial score (nSPS) is 12.4. The van der Waals surface area contributed by atoms with Crippen LogP contribution < -0.4 is 5.32 Å². The summed E-state index contributed by atoms with van der Waals surface area (Å²) in [6.45, 7) is 1.47. The summed E-state index contributed by atoms with van der Waals surface area (Å²) in [6.07, 6.45) is 4.76. The molecule has 0 aliphatic heterocycles. The first-order valence-corrected chi connectivity index (χ1v) is 6.28. The lowest BCUT2D eigenvalue weighted by Gasteiger charge is -2.08. The van der Waals surface area contributed by atoms with E-state index in [9.17, 15) is 4.79 Å². The number of carbonyl (C=O) groups is 1. The molecule has 0 saturated carbocycles. The van der Waals surface area contributed by atoms with Crippen LogP contribution >= 0.6 is 22.6 Å². The average Bonchev–Trinajstić information content (AvgIpc) is 2.69. The summed E-state index contributed by atoms with van der Waals surface area (Å²) in [5, 5.41) is 7.30. The van der Waals surface area contributed by atoms with Crippen molar-refractivity contribution in [2.75, 3.05) is 20.2 Å². The predicted octanol–water partition coefficient (Wildman–Crippen LogP) is 0.529. The molecule has 0 aliphatic rings. The Labute approximate surface area is 109 Å². The molecule has 16 heavy (non-hydrogen) atoms. The molecule has 90 valence electrons. The van der Waals surface area contributed by atoms with Crippen LogP contribution in [0.5, 0.6) is 0 Å². The molecule has 0 fully saturated rings. The smallest absolute Gasteiger partial charge is 0.319 e. The number of alkyl halides is 1. The van der Waals surface area contributed by atoms with Gasteiger partial charge in [0.05, 0.1) is 13.3 Å². The minimum atomic E-state index is -0.186. The third kappa shape index (κ3) is 4.48. The maximum atomic E-state index is 11.1. The van der Waals surface area contributed by atoms with E-state index < -0.39 is 0 Å². The Kier molecular flexibility index (Phi) is 5.75. The highest BCUT2D eigenvalue weighted by molar-refractivity contribution is 14.1. The van der Waals surface area contributed by atoms with Gasteiger partial charge in [-0.05, 0) is 18.5 Å². The van der Waals surface area contributed by atoms with Crippen LogP contribution in [0.2, 0.25) is 0 Å². The van der Waals surface area contributed by atoms with Gasteiger partial charge in [-0.2, -0.15) is 5.10 Å². The number of hydrogen-bond donors (Lipinski definition) is 1. The van der Waals surface area contributed by atoms with Crippen molar-refractivity contribution in [3.05, 3.63) is 18.0 Å². The molecule has 0 aromatic carbocycles. The van der Waals surface area contributed by atoms with E-state index in [1.807, 2.05) is 19.4 Å². The highest BCUT2D eigenvalue weighted by Crippen LogP contribution is 2.01. The summed E-state index contributed by atoms with van der Waals surface area (Å²) < 4.78 is 6.29. The molecule has 0 amide bonds. The fraction of sp³-hybridized carbons (Fsp3) is 0.600. The van der Waals surface area contributed by atoms with Crippen molar-refractivity contribution in [1.82, 2.24) is 15.1 Å². The maximum Gasteiger partial charge on any atom is 0.319 e. The Balaban J connectivity index is 2.14. The van der Waals surface area contributed by atoms with Crippen molar-refractivity contribution in [3.63, 3.8) is 0 Å². The lowest BCUT2D eigenvalue weighted by molar-refractivity contribution is -0.139. The summed E-state index contributed by atoms with van der Waals surface area (Å²) in [5.74, 6) is -0.186. The first-order valence-electron chi connectivity index (χ1n) is 5.03. The number of ether oxygens (including phenoxy) is 1. The summed E-state index contributed by atoms with van der Waals surface area (Å²) in [7, 11) is 3.30. The van der Waals surface area contributed by atoms with Gasteiger partial charge in [0.1, 0.15) is 3.92 Å². The van der Waals surface area contributed by atoms with Gasteiger partial charge in [0.2, 0.25) is 0 Å². The number of hydrogen-bond acceptors (Lipinski definition) is 4. The number of methoxy groups -OCH3 is 1. The number of aromatic nitrogens is 2. The Morgan fingerprint density at radius 2 is 2.50 bits per heavy atom. The topological polar surface area (TPSA) is 56.1 Å². The summed E-state index contributed by atoms with van der Waals surface area (Å²) in [4.78, 5) is 11.1. The Bertz CT molecular complexity index is 341. The van der Waals surface area contributed by atoms with Gasteiger partial charge in [-0.1, -0.05) is 22.6 Å². The Hall–Kier alpha value is -0.630. The molecule has 1 N–H and O–H groups in total. The molecule has 0 bridgehead atoms. The van der Waals surface area contributed by atoms with Gasteiger partial charge in [-0.25, -0.2) is 0 Å². The zero-order valence-electron chi connectivity index (χ0n) is 9.44. The molecule has 0 spiro atoms. The van der Waals surface area contributed by atoms with Gasteiger partial charge in [-0.15, -0.1) is 0 Å². The second kappa shape index (κ2) is 6.85. The summed E-state index contributed by atoms with van der Waals surface area (Å²) in [6, 6.07) is 0. The molecular formula is C10H16IN3O2. The van der Waals surface area contributed by atoms with Crippen LogP contribution in [0.25, 0.3) is 0 Å². The monoisotopic (exact) mass is 337 g/mol. The molecule has 5 nitrogen and oxygen atoms in total. The fourth-order valence-corrected chi connectivity index (χ4v) is 1.84. The Morgan fingerprint density at radius 1 is 1.75 bits per heavy atom. The first-order chi connectivity index (χ1) is 7.63. The van der Waals surface area contributed by atoms with E-state index >= 15 is 0 Å². The summed E-state index contributed by atoms with van der Waals surface area (Å²) >= 11 is 2.07. The number of nitrogens with zero attached hydrogens (tertiary/aromatic N) is 2. The molecule has 1 unspecified atom stereocenters. The molecule has 1 aromatic heterocycles. The summed E-state index contributed by atoms with van der Waals surface area (Å²) in [5.41, 5.74) is 1.19. The number of halogens is 1. The highest BCUT2D eigenvalue weighted by atomic mass is 127. The van der Waals surface area contributed by atoms with Crippen LogP contribution in [-0.2, 0) is 23.0 Å². The SMILES string of the molecule is COC(=O)C(I)CNCCc1cnn(C)c1. The van der Waals surface area contributed by atoms with Crippen molar-refractivity contribution in [2.24, 2.45) is 7.05 Å². The van der Waals surface area contributed by atoms with Crippen molar-refractivity contribution in [2.45, 2.75) is 10.3 Å². The van der Waals surface area contributed by atoms with Gasteiger partial charge < -0.3 is 10.1 Å². The largest absolute Gasteiger partial charge is 0.468 e. The van der Waals surface area contributed by atoms with E-state index in [1.54, 1.807) is 4.68 Å². The third-order valence-corrected chi connectivity index (χ3v) is 3.08. The fourth-order valence-electron chi connectivity index (χ4n) is 1.27. The molecule has 0 aliphatic carbocycles. The van der Waals surface area contributed by atoms with Crippen LogP contribution in [0, 0.1) is 0 Å². The van der Waals surface area contributed by atoms with Crippen molar-refractivity contribution >= 4 is 28.6 Å². The van der Waals surface area contributed by atoms with E-state index in [2.05, 4.69) is 37.7 Å². The van der Waals surface area contributed by atoms with Crippen LogP contribution in [0.4, 0.5) is 0 Å². The molecule has 1 atom stereocenters. The molecule has 6 heteroatoms. The highest BCUT2D eigenvalue weighted by Gasteiger charge is 2.13. The first kappa shape index (κ1) is 13.4. The van der Waals surface area contributed by atoms with Crippen LogP contribution in [0.1, 0.15) is 5.56 Å². The van der Waals surface area contributed by atoms with Crippen molar-refractivity contribution in [1.29, 1.82) is 0 Å². The zero-order valence-corrected chi connectivity index (χ0v) is 11.6. The molecular weight excluding hydrogens is 321 g/mol. The van der Waals surface area contributed by atoms with Crippen molar-refractivity contribution < 1.29 is 9.53 Å². The number of rotatable bonds is 6. The minimum absolute atomic E-state index is 0.128. The van der Waals surface area contributed by atoms with Gasteiger partial charge in [0, 0.05) is 19.8 Å². The quantitative estimate of drug-likeness (QED) is 0.356. The Morgan fingerprint density at radius 3 is 3.06 bits per heavy atom. The number of esters is 1. The van der Waals surface area contributed by atoms with Gasteiger partial charge >= 0.3 is 5.97 Å². The number of nitrogens with one attached hydrogen (secondary N) is 1. The molecule has 1 aromatic rings. The third-order valence-electron chi connectivity index (χ3n) is 2.13. The molecule has 0 radical (unpaired) electrons. The standard InChI is InChI=1S/C10H16IN3O2/c1-14-7-8(5-13-14)3-4-12-6-9(11)10(15)16-2/h5,7,9,12H,3-4,6H2,1-2H3. The second-order valence-electron chi connectivity index (χ2n) is 3.47. The van der Waals surface area contributed by atoms with Gasteiger partial charge in [-0.3, -0.25) is 9.48 Å². The van der Waals surface area contributed by atoms with E-state index in [-0.39, 0.29) is 9.89 Å². The second-order valence-corrected chi connectivity index (χ2v) is 4.97. The predicted molar refractivity (Wildman–Crippen MR) is 69.6 cm³/mol. The minimum Gasteiger partial charge on any atom is -0.468 e.